The van der Waals surface area contributed by atoms with Gasteiger partial charge in [0.25, 0.3) is 6.02 Å². The summed E-state index contributed by atoms with van der Waals surface area (Å²) in [6.07, 6.45) is 1.28. The van der Waals surface area contributed by atoms with E-state index < -0.39 is 21.2 Å². The fourth-order valence-corrected chi connectivity index (χ4v) is 8.67. The molecule has 5 heterocycles. The number of urea groups is 1. The summed E-state index contributed by atoms with van der Waals surface area (Å²) in [5.41, 5.74) is -1.63. The molecule has 3 amide bonds. The maximum absolute atomic E-state index is 13.9. The first-order valence-corrected chi connectivity index (χ1v) is 14.9. The summed E-state index contributed by atoms with van der Waals surface area (Å²) in [5, 5.41) is 2.13. The number of piperidine rings is 1. The third-order valence-electron chi connectivity index (χ3n) is 8.84. The van der Waals surface area contributed by atoms with Crippen LogP contribution < -0.4 is 0 Å². The Morgan fingerprint density at radius 3 is 2.49 bits per heavy atom. The van der Waals surface area contributed by atoms with Crippen LogP contribution in [0.25, 0.3) is 10.8 Å². The van der Waals surface area contributed by atoms with Gasteiger partial charge in [-0.2, -0.15) is 4.31 Å². The number of carbonyl (C=O) groups excluding carboxylic acids is 2. The molecule has 4 fully saturated rings. The van der Waals surface area contributed by atoms with Crippen LogP contribution in [-0.2, 0) is 19.6 Å². The Labute approximate surface area is 231 Å². The molecule has 0 aromatic heterocycles. The van der Waals surface area contributed by atoms with Gasteiger partial charge in [-0.25, -0.2) is 18.2 Å². The zero-order chi connectivity index (χ0) is 27.2. The smallest absolute Gasteiger partial charge is 0.322 e. The molecule has 39 heavy (non-hydrogen) atoms. The molecule has 2 aromatic carbocycles. The van der Waals surface area contributed by atoms with Crippen molar-refractivity contribution in [1.82, 2.24) is 23.9 Å². The van der Waals surface area contributed by atoms with Crippen molar-refractivity contribution in [3.05, 3.63) is 41.4 Å². The number of ether oxygens (including phenoxy) is 1. The molecule has 0 saturated carbocycles. The van der Waals surface area contributed by atoms with Gasteiger partial charge in [-0.05, 0) is 47.9 Å². The molecule has 5 aliphatic rings. The van der Waals surface area contributed by atoms with E-state index in [1.54, 1.807) is 53.2 Å². The van der Waals surface area contributed by atoms with Crippen LogP contribution in [0.15, 0.2) is 46.3 Å². The van der Waals surface area contributed by atoms with Crippen molar-refractivity contribution in [3.8, 4) is 0 Å². The molecule has 0 radical (unpaired) electrons. The highest BCUT2D eigenvalue weighted by atomic mass is 35.5. The normalized spacial score (nSPS) is 26.9. The van der Waals surface area contributed by atoms with Crippen LogP contribution in [0.3, 0.4) is 0 Å². The van der Waals surface area contributed by atoms with Crippen molar-refractivity contribution in [2.45, 2.75) is 28.9 Å². The van der Waals surface area contributed by atoms with Crippen LogP contribution in [0.5, 0.6) is 0 Å². The fourth-order valence-electron chi connectivity index (χ4n) is 7.02. The number of benzene rings is 2. The van der Waals surface area contributed by atoms with Gasteiger partial charge in [0.1, 0.15) is 6.61 Å². The predicted octanol–water partition coefficient (Wildman–Crippen LogP) is 1.62. The lowest BCUT2D eigenvalue weighted by atomic mass is 9.86. The Morgan fingerprint density at radius 1 is 1.00 bits per heavy atom. The Hall–Kier alpha value is -3.09. The third-order valence-corrected chi connectivity index (χ3v) is 10.9. The minimum absolute atomic E-state index is 0.0249. The topological polar surface area (TPSA) is 106 Å². The van der Waals surface area contributed by atoms with Gasteiger partial charge in [-0.3, -0.25) is 9.69 Å². The van der Waals surface area contributed by atoms with E-state index in [0.29, 0.717) is 56.7 Å². The molecule has 13 heteroatoms. The number of halogens is 1. The molecule has 0 N–H and O–H groups in total. The number of rotatable bonds is 2. The highest BCUT2D eigenvalue weighted by molar-refractivity contribution is 7.89. The second-order valence-corrected chi connectivity index (χ2v) is 13.5. The summed E-state index contributed by atoms with van der Waals surface area (Å²) in [4.78, 5) is 39.1. The van der Waals surface area contributed by atoms with E-state index >= 15 is 0 Å². The Kier molecular flexibility index (Phi) is 5.40. The second kappa shape index (κ2) is 8.45. The van der Waals surface area contributed by atoms with E-state index in [0.717, 1.165) is 10.8 Å². The summed E-state index contributed by atoms with van der Waals surface area (Å²) in [6.45, 7) is 2.93. The molecule has 1 unspecified atom stereocenters. The van der Waals surface area contributed by atoms with E-state index in [-0.39, 0.29) is 36.5 Å². The molecule has 2 spiro atoms. The average molecular weight is 573 g/mol. The number of amidine groups is 1. The first-order chi connectivity index (χ1) is 18.6. The number of amides is 3. The molecule has 7 rings (SSSR count). The van der Waals surface area contributed by atoms with Gasteiger partial charge in [-0.1, -0.05) is 23.7 Å². The van der Waals surface area contributed by atoms with E-state index in [4.69, 9.17) is 16.3 Å². The highest BCUT2D eigenvalue weighted by Gasteiger charge is 2.69. The van der Waals surface area contributed by atoms with Crippen molar-refractivity contribution in [2.75, 3.05) is 59.5 Å². The lowest BCUT2D eigenvalue weighted by Crippen LogP contribution is -2.68. The van der Waals surface area contributed by atoms with Crippen molar-refractivity contribution >= 4 is 50.4 Å². The Bertz CT molecular complexity index is 1540. The maximum Gasteiger partial charge on any atom is 0.322 e. The van der Waals surface area contributed by atoms with E-state index in [2.05, 4.69) is 9.89 Å². The van der Waals surface area contributed by atoms with Crippen molar-refractivity contribution < 1.29 is 22.7 Å². The molecule has 206 valence electrons. The first-order valence-electron chi connectivity index (χ1n) is 13.1. The molecular formula is C26H29ClN6O5S. The number of fused-ring (bicyclic) bond motifs is 2. The molecule has 2 aromatic rings. The number of hydrogen-bond donors (Lipinski definition) is 0. The number of nitrogens with zero attached hydrogens (tertiary/aromatic N) is 6. The number of piperazine rings is 1. The van der Waals surface area contributed by atoms with Crippen LogP contribution >= 0.6 is 11.6 Å². The van der Waals surface area contributed by atoms with Crippen LogP contribution in [-0.4, -0.2) is 121 Å². The number of aliphatic imine (C=N–C) groups is 1. The molecule has 11 nitrogen and oxygen atoms in total. The van der Waals surface area contributed by atoms with Gasteiger partial charge in [0.2, 0.25) is 15.9 Å². The van der Waals surface area contributed by atoms with Gasteiger partial charge in [-0.15, -0.1) is 0 Å². The third kappa shape index (κ3) is 3.57. The van der Waals surface area contributed by atoms with Crippen molar-refractivity contribution in [2.24, 2.45) is 4.99 Å². The van der Waals surface area contributed by atoms with Crippen molar-refractivity contribution in [3.63, 3.8) is 0 Å². The van der Waals surface area contributed by atoms with Gasteiger partial charge in [0.15, 0.2) is 5.66 Å². The van der Waals surface area contributed by atoms with Gasteiger partial charge in [0, 0.05) is 31.7 Å². The molecule has 0 aliphatic carbocycles. The van der Waals surface area contributed by atoms with E-state index in [1.165, 1.54) is 4.31 Å². The summed E-state index contributed by atoms with van der Waals surface area (Å²) in [5.74, 6) is -0.284. The Balaban J connectivity index is 1.22. The van der Waals surface area contributed by atoms with Crippen LogP contribution in [0.2, 0.25) is 5.02 Å². The number of sulfonamides is 1. The number of likely N-dealkylation sites (tertiary alicyclic amines) is 1. The summed E-state index contributed by atoms with van der Waals surface area (Å²) in [6, 6.07) is 10.6. The minimum atomic E-state index is -4.02. The predicted molar refractivity (Wildman–Crippen MR) is 144 cm³/mol. The fraction of sp³-hybridized carbons (Fsp3) is 0.500. The second-order valence-electron chi connectivity index (χ2n) is 11.1. The van der Waals surface area contributed by atoms with Crippen LogP contribution in [0.1, 0.15) is 12.8 Å². The van der Waals surface area contributed by atoms with Crippen molar-refractivity contribution in [1.29, 1.82) is 0 Å². The summed E-state index contributed by atoms with van der Waals surface area (Å²) in [7, 11) is -2.31. The average Bonchev–Trinajstić information content (AvgIpc) is 3.60. The van der Waals surface area contributed by atoms with Gasteiger partial charge in [0.05, 0.1) is 36.6 Å². The molecule has 1 atom stereocenters. The number of carbonyl (C=O) groups is 2. The zero-order valence-electron chi connectivity index (χ0n) is 21.5. The lowest BCUT2D eigenvalue weighted by molar-refractivity contribution is -0.143. The monoisotopic (exact) mass is 572 g/mol. The molecule has 4 saturated heterocycles. The zero-order valence-corrected chi connectivity index (χ0v) is 23.1. The van der Waals surface area contributed by atoms with Crippen LogP contribution in [0, 0.1) is 0 Å². The number of hydrogen-bond acceptors (Lipinski definition) is 7. The first kappa shape index (κ1) is 24.9. The van der Waals surface area contributed by atoms with E-state index in [1.807, 2.05) is 4.90 Å². The van der Waals surface area contributed by atoms with Gasteiger partial charge < -0.3 is 19.4 Å². The molecule has 0 bridgehead atoms. The lowest BCUT2D eigenvalue weighted by Gasteiger charge is -2.47. The maximum atomic E-state index is 13.9. The highest BCUT2D eigenvalue weighted by Crippen LogP contribution is 2.50. The summed E-state index contributed by atoms with van der Waals surface area (Å²) < 4.78 is 34.7. The Morgan fingerprint density at radius 2 is 1.74 bits per heavy atom. The number of likely N-dealkylation sites (N-methyl/N-ethyl adjacent to an activating group) is 1. The van der Waals surface area contributed by atoms with E-state index in [9.17, 15) is 18.0 Å². The largest absolute Gasteiger partial charge is 0.463 e. The minimum Gasteiger partial charge on any atom is -0.463 e. The van der Waals surface area contributed by atoms with Gasteiger partial charge >= 0.3 is 6.03 Å². The van der Waals surface area contributed by atoms with Crippen LogP contribution in [0.4, 0.5) is 4.79 Å². The SMILES string of the molecule is CN1CC23CN(S(=O)(=O)c4ccc5cc(Cl)ccc5c4)CC(=O)N2CC2(CCN(C4=NCCO4)CC2)N3C1=O. The molecule has 5 aliphatic heterocycles. The standard InChI is InChI=1S/C26H29ClN6O5S/c1-29-16-26-17-31(39(36,37)21-5-3-18-12-20(27)4-2-19(18)13-21)14-22(34)32(26)15-25(33(26)24(29)35)6-9-30(10-7-25)23-28-8-11-38-23/h2-5,12-13H,6-11,14-17H2,1H3. The summed E-state index contributed by atoms with van der Waals surface area (Å²) >= 11 is 6.10. The molecular weight excluding hydrogens is 544 g/mol. The quantitative estimate of drug-likeness (QED) is 0.541.